The summed E-state index contributed by atoms with van der Waals surface area (Å²) in [5, 5.41) is 0.0869. The van der Waals surface area contributed by atoms with Crippen molar-refractivity contribution in [3.8, 4) is 0 Å². The zero-order valence-corrected chi connectivity index (χ0v) is 15.6. The SMILES string of the molecule is CC(C)(C)OC(=O)N1CC[C@@]2(B3OC(C)(C)C(C)(C)O3)C[C@H]2C1. The van der Waals surface area contributed by atoms with E-state index in [9.17, 15) is 4.79 Å². The van der Waals surface area contributed by atoms with Crippen LogP contribution in [0.25, 0.3) is 0 Å². The summed E-state index contributed by atoms with van der Waals surface area (Å²) in [4.78, 5) is 14.1. The van der Waals surface area contributed by atoms with Gasteiger partial charge in [0.15, 0.2) is 0 Å². The smallest absolute Gasteiger partial charge is 0.444 e. The molecule has 3 rings (SSSR count). The molecule has 6 heteroatoms. The summed E-state index contributed by atoms with van der Waals surface area (Å²) in [6.07, 6.45) is 1.79. The van der Waals surface area contributed by atoms with Crippen LogP contribution in [0, 0.1) is 5.92 Å². The predicted octanol–water partition coefficient (Wildman–Crippen LogP) is 3.48. The molecule has 130 valence electrons. The molecular formula is C17H30BNO4. The van der Waals surface area contributed by atoms with Gasteiger partial charge in [-0.3, -0.25) is 0 Å². The van der Waals surface area contributed by atoms with E-state index in [2.05, 4.69) is 27.7 Å². The first-order chi connectivity index (χ1) is 10.4. The first kappa shape index (κ1) is 17.1. The minimum Gasteiger partial charge on any atom is -0.444 e. The lowest BCUT2D eigenvalue weighted by atomic mass is 9.63. The number of carbonyl (C=O) groups is 1. The van der Waals surface area contributed by atoms with E-state index in [1.54, 1.807) is 0 Å². The Balaban J connectivity index is 1.62. The molecule has 2 atom stereocenters. The van der Waals surface area contributed by atoms with Crippen LogP contribution in [-0.4, -0.2) is 48.0 Å². The summed E-state index contributed by atoms with van der Waals surface area (Å²) in [5.74, 6) is 0.457. The van der Waals surface area contributed by atoms with Gasteiger partial charge in [-0.25, -0.2) is 4.79 Å². The summed E-state index contributed by atoms with van der Waals surface area (Å²) in [5.41, 5.74) is -1.02. The molecule has 0 aromatic heterocycles. The Labute approximate surface area is 140 Å². The summed E-state index contributed by atoms with van der Waals surface area (Å²) >= 11 is 0. The van der Waals surface area contributed by atoms with E-state index in [-0.39, 0.29) is 29.7 Å². The molecule has 0 aromatic rings. The van der Waals surface area contributed by atoms with Crippen LogP contribution >= 0.6 is 0 Å². The van der Waals surface area contributed by atoms with Crippen LogP contribution < -0.4 is 0 Å². The highest BCUT2D eigenvalue weighted by Crippen LogP contribution is 2.69. The minimum atomic E-state index is -0.444. The third-order valence-corrected chi connectivity index (χ3v) is 5.94. The number of likely N-dealkylation sites (tertiary alicyclic amines) is 1. The molecule has 3 aliphatic rings. The Morgan fingerprint density at radius 3 is 2.22 bits per heavy atom. The van der Waals surface area contributed by atoms with Gasteiger partial charge in [0, 0.05) is 18.4 Å². The van der Waals surface area contributed by atoms with Gasteiger partial charge in [0.05, 0.1) is 11.2 Å². The third-order valence-electron chi connectivity index (χ3n) is 5.94. The molecular weight excluding hydrogens is 293 g/mol. The van der Waals surface area contributed by atoms with Crippen molar-refractivity contribution in [2.24, 2.45) is 5.92 Å². The van der Waals surface area contributed by atoms with Crippen molar-refractivity contribution in [2.75, 3.05) is 13.1 Å². The third kappa shape index (κ3) is 2.89. The summed E-state index contributed by atoms with van der Waals surface area (Å²) in [6, 6.07) is 0. The normalized spacial score (nSPS) is 35.0. The average Bonchev–Trinajstić information content (AvgIpc) is 3.04. The van der Waals surface area contributed by atoms with Gasteiger partial charge in [0.25, 0.3) is 0 Å². The van der Waals surface area contributed by atoms with Gasteiger partial charge >= 0.3 is 13.2 Å². The highest BCUT2D eigenvalue weighted by Gasteiger charge is 2.70. The van der Waals surface area contributed by atoms with Gasteiger partial charge in [-0.1, -0.05) is 0 Å². The summed E-state index contributed by atoms with van der Waals surface area (Å²) < 4.78 is 18.0. The second-order valence-corrected chi connectivity index (χ2v) is 9.40. The fraction of sp³-hybridized carbons (Fsp3) is 0.941. The molecule has 0 radical (unpaired) electrons. The maximum atomic E-state index is 12.3. The van der Waals surface area contributed by atoms with Crippen LogP contribution in [0.3, 0.4) is 0 Å². The predicted molar refractivity (Wildman–Crippen MR) is 89.3 cm³/mol. The quantitative estimate of drug-likeness (QED) is 0.693. The number of hydrogen-bond acceptors (Lipinski definition) is 4. The standard InChI is InChI=1S/C17H30BNO4/c1-14(2,3)21-13(20)19-9-8-17(10-12(17)11-19)18-22-15(4,5)16(6,7)23-18/h12H,8-11H2,1-7H3/t12-,17+/m0/s1. The van der Waals surface area contributed by atoms with E-state index in [0.29, 0.717) is 5.92 Å². The van der Waals surface area contributed by atoms with E-state index >= 15 is 0 Å². The first-order valence-electron chi connectivity index (χ1n) is 8.70. The van der Waals surface area contributed by atoms with Crippen molar-refractivity contribution in [1.29, 1.82) is 0 Å². The molecule has 0 aromatic carbocycles. The monoisotopic (exact) mass is 323 g/mol. The number of carbonyl (C=O) groups excluding carboxylic acids is 1. The van der Waals surface area contributed by atoms with Crippen molar-refractivity contribution >= 4 is 13.2 Å². The van der Waals surface area contributed by atoms with Crippen LogP contribution in [0.4, 0.5) is 4.79 Å². The van der Waals surface area contributed by atoms with Crippen LogP contribution in [0.5, 0.6) is 0 Å². The highest BCUT2D eigenvalue weighted by atomic mass is 16.7. The summed E-state index contributed by atoms with van der Waals surface area (Å²) in [7, 11) is -0.154. The largest absolute Gasteiger partial charge is 0.464 e. The lowest BCUT2D eigenvalue weighted by molar-refractivity contribution is 0.00578. The molecule has 2 heterocycles. The number of ether oxygens (including phenoxy) is 1. The highest BCUT2D eigenvalue weighted by molar-refractivity contribution is 6.51. The van der Waals surface area contributed by atoms with Gasteiger partial charge in [-0.2, -0.15) is 0 Å². The minimum absolute atomic E-state index is 0.0869. The van der Waals surface area contributed by atoms with Gasteiger partial charge in [0.1, 0.15) is 5.60 Å². The second kappa shape index (κ2) is 4.88. The number of rotatable bonds is 1. The molecule has 1 amide bonds. The van der Waals surface area contributed by atoms with Gasteiger partial charge in [-0.15, -0.1) is 0 Å². The summed E-state index contributed by atoms with van der Waals surface area (Å²) in [6.45, 7) is 15.6. The van der Waals surface area contributed by atoms with Crippen LogP contribution in [0.1, 0.15) is 61.3 Å². The lowest BCUT2D eigenvalue weighted by Gasteiger charge is -2.33. The molecule has 2 saturated heterocycles. The van der Waals surface area contributed by atoms with E-state index in [1.807, 2.05) is 25.7 Å². The molecule has 5 nitrogen and oxygen atoms in total. The average molecular weight is 323 g/mol. The van der Waals surface area contributed by atoms with Crippen molar-refractivity contribution in [2.45, 2.75) is 83.4 Å². The number of nitrogens with zero attached hydrogens (tertiary/aromatic N) is 1. The molecule has 1 saturated carbocycles. The fourth-order valence-corrected chi connectivity index (χ4v) is 3.63. The Hall–Kier alpha value is -0.745. The van der Waals surface area contributed by atoms with Crippen molar-refractivity contribution in [3.63, 3.8) is 0 Å². The van der Waals surface area contributed by atoms with Crippen LogP contribution in [0.15, 0.2) is 0 Å². The number of amides is 1. The molecule has 0 unspecified atom stereocenters. The van der Waals surface area contributed by atoms with E-state index in [0.717, 1.165) is 25.9 Å². The molecule has 0 spiro atoms. The van der Waals surface area contributed by atoms with E-state index in [1.165, 1.54) is 0 Å². The maximum Gasteiger partial charge on any atom is 0.464 e. The van der Waals surface area contributed by atoms with Crippen molar-refractivity contribution in [1.82, 2.24) is 4.90 Å². The zero-order chi connectivity index (χ0) is 17.3. The number of hydrogen-bond donors (Lipinski definition) is 0. The van der Waals surface area contributed by atoms with Gasteiger partial charge < -0.3 is 18.9 Å². The topological polar surface area (TPSA) is 48.0 Å². The molecule has 3 fully saturated rings. The fourth-order valence-electron chi connectivity index (χ4n) is 3.63. The Morgan fingerprint density at radius 1 is 1.17 bits per heavy atom. The molecule has 1 aliphatic carbocycles. The molecule has 23 heavy (non-hydrogen) atoms. The Kier molecular flexibility index (Phi) is 3.63. The molecule has 0 N–H and O–H groups in total. The second-order valence-electron chi connectivity index (χ2n) is 9.40. The number of fused-ring (bicyclic) bond motifs is 1. The van der Waals surface area contributed by atoms with E-state index < -0.39 is 5.60 Å². The van der Waals surface area contributed by atoms with E-state index in [4.69, 9.17) is 14.0 Å². The van der Waals surface area contributed by atoms with Crippen LogP contribution in [0.2, 0.25) is 5.31 Å². The van der Waals surface area contributed by atoms with Gasteiger partial charge in [0.2, 0.25) is 0 Å². The lowest BCUT2D eigenvalue weighted by Crippen LogP contribution is -2.44. The van der Waals surface area contributed by atoms with Gasteiger partial charge in [-0.05, 0) is 67.2 Å². The zero-order valence-electron chi connectivity index (χ0n) is 15.6. The molecule has 0 bridgehead atoms. The first-order valence-corrected chi connectivity index (χ1v) is 8.70. The Morgan fingerprint density at radius 2 is 1.74 bits per heavy atom. The Bertz CT molecular complexity index is 497. The number of piperidine rings is 1. The van der Waals surface area contributed by atoms with Crippen molar-refractivity contribution in [3.05, 3.63) is 0 Å². The molecule has 2 aliphatic heterocycles. The van der Waals surface area contributed by atoms with Crippen molar-refractivity contribution < 1.29 is 18.8 Å². The maximum absolute atomic E-state index is 12.3. The van der Waals surface area contributed by atoms with Crippen LogP contribution in [-0.2, 0) is 14.0 Å².